The molecule has 2 aliphatic heterocycles. The number of hydrogen-bond donors (Lipinski definition) is 1. The van der Waals surface area contributed by atoms with Crippen molar-refractivity contribution in [1.82, 2.24) is 9.80 Å². The average Bonchev–Trinajstić information content (AvgIpc) is 3.38. The molecule has 2 amide bonds. The zero-order chi connectivity index (χ0) is 21.0. The standard InChI is InChI=1S/C27H29N3O/c31-27(28-25-14-8-3-9-15-25)30-18-23-16-29(17-24(23)19-30)20-26(21-10-4-1-5-11-21)22-12-6-2-7-13-22/h1-15,23-24,26H,16-20H2,(H,28,31)/t23-,24-/m0/s1. The molecule has 0 saturated carbocycles. The zero-order valence-corrected chi connectivity index (χ0v) is 17.7. The van der Waals surface area contributed by atoms with Crippen LogP contribution in [0.3, 0.4) is 0 Å². The number of anilines is 1. The molecule has 158 valence electrons. The summed E-state index contributed by atoms with van der Waals surface area (Å²) in [6, 6.07) is 31.4. The average molecular weight is 412 g/mol. The number of fused-ring (bicyclic) bond motifs is 1. The number of carbonyl (C=O) groups is 1. The van der Waals surface area contributed by atoms with E-state index in [1.54, 1.807) is 0 Å². The fraction of sp³-hybridized carbons (Fsp3) is 0.296. The van der Waals surface area contributed by atoms with Gasteiger partial charge in [0.25, 0.3) is 0 Å². The number of carbonyl (C=O) groups excluding carboxylic acids is 1. The number of hydrogen-bond acceptors (Lipinski definition) is 2. The highest BCUT2D eigenvalue weighted by Crippen LogP contribution is 2.34. The molecule has 1 N–H and O–H groups in total. The molecule has 2 saturated heterocycles. The Balaban J connectivity index is 1.22. The molecular weight excluding hydrogens is 382 g/mol. The third kappa shape index (κ3) is 4.49. The molecule has 2 heterocycles. The Morgan fingerprint density at radius 1 is 0.742 bits per heavy atom. The number of para-hydroxylation sites is 1. The van der Waals surface area contributed by atoms with Crippen molar-refractivity contribution in [3.63, 3.8) is 0 Å². The number of amides is 2. The van der Waals surface area contributed by atoms with Gasteiger partial charge in [0.15, 0.2) is 0 Å². The van der Waals surface area contributed by atoms with Crippen molar-refractivity contribution in [2.75, 3.05) is 38.0 Å². The van der Waals surface area contributed by atoms with E-state index < -0.39 is 0 Å². The molecule has 0 bridgehead atoms. The topological polar surface area (TPSA) is 35.6 Å². The van der Waals surface area contributed by atoms with E-state index in [1.807, 2.05) is 35.2 Å². The molecule has 2 aliphatic rings. The molecule has 2 fully saturated rings. The molecule has 0 aliphatic carbocycles. The maximum absolute atomic E-state index is 12.7. The van der Waals surface area contributed by atoms with Crippen molar-refractivity contribution in [2.24, 2.45) is 11.8 Å². The lowest BCUT2D eigenvalue weighted by Gasteiger charge is -2.26. The maximum Gasteiger partial charge on any atom is 0.321 e. The number of likely N-dealkylation sites (tertiary alicyclic amines) is 2. The monoisotopic (exact) mass is 411 g/mol. The first-order valence-corrected chi connectivity index (χ1v) is 11.2. The van der Waals surface area contributed by atoms with E-state index in [0.717, 1.165) is 38.4 Å². The van der Waals surface area contributed by atoms with Crippen LogP contribution in [-0.2, 0) is 0 Å². The Hall–Kier alpha value is -3.11. The van der Waals surface area contributed by atoms with Gasteiger partial charge in [0.1, 0.15) is 0 Å². The fourth-order valence-electron chi connectivity index (χ4n) is 5.16. The minimum atomic E-state index is 0.0265. The van der Waals surface area contributed by atoms with Crippen molar-refractivity contribution in [1.29, 1.82) is 0 Å². The Morgan fingerprint density at radius 3 is 1.74 bits per heavy atom. The smallest absolute Gasteiger partial charge is 0.321 e. The van der Waals surface area contributed by atoms with Crippen LogP contribution in [0.1, 0.15) is 17.0 Å². The van der Waals surface area contributed by atoms with Crippen molar-refractivity contribution in [3.05, 3.63) is 102 Å². The number of benzene rings is 3. The summed E-state index contributed by atoms with van der Waals surface area (Å²) in [7, 11) is 0. The van der Waals surface area contributed by atoms with Crippen LogP contribution >= 0.6 is 0 Å². The lowest BCUT2D eigenvalue weighted by Crippen LogP contribution is -2.37. The summed E-state index contributed by atoms with van der Waals surface area (Å²) in [5.74, 6) is 1.50. The van der Waals surface area contributed by atoms with Crippen molar-refractivity contribution < 1.29 is 4.79 Å². The first kappa shape index (κ1) is 19.8. The van der Waals surface area contributed by atoms with Gasteiger partial charge in [-0.25, -0.2) is 4.79 Å². The first-order valence-electron chi connectivity index (χ1n) is 11.2. The van der Waals surface area contributed by atoms with Crippen LogP contribution < -0.4 is 5.32 Å². The second kappa shape index (κ2) is 8.94. The highest BCUT2D eigenvalue weighted by atomic mass is 16.2. The van der Waals surface area contributed by atoms with Crippen molar-refractivity contribution >= 4 is 11.7 Å². The van der Waals surface area contributed by atoms with Crippen LogP contribution in [0.25, 0.3) is 0 Å². The number of nitrogens with one attached hydrogen (secondary N) is 1. The van der Waals surface area contributed by atoms with Crippen LogP contribution in [0, 0.1) is 11.8 Å². The van der Waals surface area contributed by atoms with Gasteiger partial charge in [-0.3, -0.25) is 0 Å². The molecule has 0 unspecified atom stereocenters. The molecule has 0 radical (unpaired) electrons. The molecule has 5 rings (SSSR count). The van der Waals surface area contributed by atoms with E-state index in [4.69, 9.17) is 0 Å². The fourth-order valence-corrected chi connectivity index (χ4v) is 5.16. The van der Waals surface area contributed by atoms with Gasteiger partial charge in [-0.15, -0.1) is 0 Å². The van der Waals surface area contributed by atoms with Crippen LogP contribution in [0.15, 0.2) is 91.0 Å². The quantitative estimate of drug-likeness (QED) is 0.647. The Kier molecular flexibility index (Phi) is 5.72. The van der Waals surface area contributed by atoms with E-state index in [-0.39, 0.29) is 6.03 Å². The largest absolute Gasteiger partial charge is 0.324 e. The lowest BCUT2D eigenvalue weighted by atomic mass is 9.91. The van der Waals surface area contributed by atoms with Gasteiger partial charge < -0.3 is 15.1 Å². The highest BCUT2D eigenvalue weighted by Gasteiger charge is 2.42. The number of rotatable bonds is 5. The van der Waals surface area contributed by atoms with Gasteiger partial charge in [0.05, 0.1) is 0 Å². The Bertz CT molecular complexity index is 939. The molecular formula is C27H29N3O. The number of urea groups is 1. The first-order chi connectivity index (χ1) is 15.3. The molecule has 31 heavy (non-hydrogen) atoms. The van der Waals surface area contributed by atoms with E-state index >= 15 is 0 Å². The number of nitrogens with zero attached hydrogens (tertiary/aromatic N) is 2. The summed E-state index contributed by atoms with van der Waals surface area (Å²) in [4.78, 5) is 17.3. The van der Waals surface area contributed by atoms with Gasteiger partial charge >= 0.3 is 6.03 Å². The summed E-state index contributed by atoms with van der Waals surface area (Å²) in [6.07, 6.45) is 0. The molecule has 0 aromatic heterocycles. The van der Waals surface area contributed by atoms with Gasteiger partial charge in [-0.1, -0.05) is 78.9 Å². The van der Waals surface area contributed by atoms with E-state index in [9.17, 15) is 4.79 Å². The van der Waals surface area contributed by atoms with Gasteiger partial charge in [-0.05, 0) is 35.1 Å². The van der Waals surface area contributed by atoms with Crippen LogP contribution in [0.5, 0.6) is 0 Å². The molecule has 2 atom stereocenters. The second-order valence-corrected chi connectivity index (χ2v) is 8.81. The third-order valence-electron chi connectivity index (χ3n) is 6.72. The van der Waals surface area contributed by atoms with E-state index in [0.29, 0.717) is 17.8 Å². The Morgan fingerprint density at radius 2 is 1.23 bits per heavy atom. The van der Waals surface area contributed by atoms with Crippen LogP contribution in [0.4, 0.5) is 10.5 Å². The van der Waals surface area contributed by atoms with Gasteiger partial charge in [0, 0.05) is 44.3 Å². The molecule has 3 aromatic carbocycles. The summed E-state index contributed by atoms with van der Waals surface area (Å²) >= 11 is 0. The predicted molar refractivity (Wildman–Crippen MR) is 125 cm³/mol. The summed E-state index contributed by atoms with van der Waals surface area (Å²) in [5, 5.41) is 3.03. The predicted octanol–water partition coefficient (Wildman–Crippen LogP) is 4.91. The highest BCUT2D eigenvalue weighted by molar-refractivity contribution is 5.89. The van der Waals surface area contributed by atoms with Gasteiger partial charge in [-0.2, -0.15) is 0 Å². The SMILES string of the molecule is O=C(Nc1ccccc1)N1C[C@@H]2CN(CC(c3ccccc3)c3ccccc3)C[C@H]2C1. The Labute approximate surface area is 184 Å². The summed E-state index contributed by atoms with van der Waals surface area (Å²) in [6.45, 7) is 4.85. The maximum atomic E-state index is 12.7. The van der Waals surface area contributed by atoms with Crippen LogP contribution in [-0.4, -0.2) is 48.6 Å². The third-order valence-corrected chi connectivity index (χ3v) is 6.72. The zero-order valence-electron chi connectivity index (χ0n) is 17.7. The molecule has 0 spiro atoms. The van der Waals surface area contributed by atoms with E-state index in [1.165, 1.54) is 11.1 Å². The lowest BCUT2D eigenvalue weighted by molar-refractivity contribution is 0.212. The van der Waals surface area contributed by atoms with E-state index in [2.05, 4.69) is 70.9 Å². The summed E-state index contributed by atoms with van der Waals surface area (Å²) < 4.78 is 0. The molecule has 4 heteroatoms. The minimum absolute atomic E-state index is 0.0265. The summed E-state index contributed by atoms with van der Waals surface area (Å²) in [5.41, 5.74) is 3.60. The van der Waals surface area contributed by atoms with Crippen LogP contribution in [0.2, 0.25) is 0 Å². The van der Waals surface area contributed by atoms with Gasteiger partial charge in [0.2, 0.25) is 0 Å². The molecule has 4 nitrogen and oxygen atoms in total. The second-order valence-electron chi connectivity index (χ2n) is 8.81. The van der Waals surface area contributed by atoms with Crippen molar-refractivity contribution in [3.8, 4) is 0 Å². The normalized spacial score (nSPS) is 20.7. The van der Waals surface area contributed by atoms with Crippen molar-refractivity contribution in [2.45, 2.75) is 5.92 Å². The molecule has 3 aromatic rings. The minimum Gasteiger partial charge on any atom is -0.324 e.